The molecule has 1 N–H and O–H groups in total. The molecule has 4 nitrogen and oxygen atoms in total. The molecule has 0 bridgehead atoms. The lowest BCUT2D eigenvalue weighted by Gasteiger charge is -2.15. The van der Waals surface area contributed by atoms with E-state index in [-0.39, 0.29) is 33.9 Å². The van der Waals surface area contributed by atoms with Crippen LogP contribution in [0.1, 0.15) is 17.0 Å². The molecule has 0 radical (unpaired) electrons. The molecule has 0 aliphatic carbocycles. The summed E-state index contributed by atoms with van der Waals surface area (Å²) in [5.41, 5.74) is -2.87. The number of aromatic nitrogens is 2. The van der Waals surface area contributed by atoms with Crippen LogP contribution >= 0.6 is 0 Å². The van der Waals surface area contributed by atoms with Crippen LogP contribution in [-0.2, 0) is 17.1 Å². The van der Waals surface area contributed by atoms with Gasteiger partial charge in [0, 0.05) is 17.8 Å². The van der Waals surface area contributed by atoms with E-state index in [1.807, 2.05) is 0 Å². The van der Waals surface area contributed by atoms with Gasteiger partial charge in [0.05, 0.1) is 16.6 Å². The van der Waals surface area contributed by atoms with Gasteiger partial charge in [0.2, 0.25) is 0 Å². The van der Waals surface area contributed by atoms with E-state index in [4.69, 9.17) is 4.74 Å². The summed E-state index contributed by atoms with van der Waals surface area (Å²) in [5.74, 6) is 0.0490. The summed E-state index contributed by atoms with van der Waals surface area (Å²) in [4.78, 5) is 9.78. The fraction of sp³-hybridized carbons (Fsp3) is 0.176. The summed E-state index contributed by atoms with van der Waals surface area (Å²) in [5, 5.41) is -0.319. The maximum Gasteiger partial charge on any atom is 0.431 e. The van der Waals surface area contributed by atoms with Gasteiger partial charge in [-0.1, -0.05) is 12.6 Å². The predicted octanol–water partition coefficient (Wildman–Crippen LogP) is 5.40. The molecule has 1 aromatic carbocycles. The van der Waals surface area contributed by atoms with Crippen molar-refractivity contribution < 1.29 is 31.1 Å². The zero-order valence-electron chi connectivity index (χ0n) is 13.7. The molecule has 0 aliphatic heterocycles. The Bertz CT molecular complexity index is 1060. The van der Waals surface area contributed by atoms with Crippen LogP contribution in [0.15, 0.2) is 35.8 Å². The van der Waals surface area contributed by atoms with E-state index in [1.165, 1.54) is 19.2 Å². The first-order valence-corrected chi connectivity index (χ1v) is 7.40. The van der Waals surface area contributed by atoms with Gasteiger partial charge in [-0.25, -0.2) is 4.98 Å². The van der Waals surface area contributed by atoms with Gasteiger partial charge in [-0.15, -0.1) is 0 Å². The highest BCUT2D eigenvalue weighted by molar-refractivity contribution is 6.06. The number of rotatable bonds is 3. The molecule has 0 amide bonds. The molecular formula is C17H11F6N3O. The summed E-state index contributed by atoms with van der Waals surface area (Å²) < 4.78 is 84.3. The minimum atomic E-state index is -4.98. The second-order valence-corrected chi connectivity index (χ2v) is 5.56. The summed E-state index contributed by atoms with van der Waals surface area (Å²) in [6, 6.07) is 3.73. The topological polar surface area (TPSA) is 50.3 Å². The number of nitrogens with one attached hydrogen (secondary N) is 1. The van der Waals surface area contributed by atoms with Crippen LogP contribution in [0.5, 0.6) is 0 Å². The third-order valence-electron chi connectivity index (χ3n) is 3.78. The molecule has 0 unspecified atom stereocenters. The third kappa shape index (κ3) is 3.46. The van der Waals surface area contributed by atoms with E-state index in [0.717, 1.165) is 12.5 Å². The van der Waals surface area contributed by atoms with Gasteiger partial charge in [0.1, 0.15) is 17.1 Å². The van der Waals surface area contributed by atoms with E-state index in [2.05, 4.69) is 21.5 Å². The second-order valence-electron chi connectivity index (χ2n) is 5.56. The molecule has 142 valence electrons. The van der Waals surface area contributed by atoms with Crippen molar-refractivity contribution in [2.24, 2.45) is 4.99 Å². The van der Waals surface area contributed by atoms with E-state index < -0.39 is 29.0 Å². The number of benzene rings is 1. The lowest BCUT2D eigenvalue weighted by Crippen LogP contribution is -2.13. The van der Waals surface area contributed by atoms with Crippen LogP contribution in [0.2, 0.25) is 0 Å². The molecule has 0 saturated carbocycles. The van der Waals surface area contributed by atoms with Gasteiger partial charge in [-0.05, 0) is 18.2 Å². The normalized spacial score (nSPS) is 13.0. The van der Waals surface area contributed by atoms with E-state index in [9.17, 15) is 26.3 Å². The van der Waals surface area contributed by atoms with Crippen LogP contribution in [0, 0.1) is 0 Å². The standard InChI is InChI=1S/C17H11F6N3O/c1-8(27-7-24-2)13-5-10-12(25-13)4-3-9-11(16(18,19)20)6-14(17(21,22)23)26-15(9)10/h3-7,26H,1H2,2H3. The number of pyridine rings is 1. The molecule has 2 heterocycles. The Morgan fingerprint density at radius 1 is 1.11 bits per heavy atom. The summed E-state index contributed by atoms with van der Waals surface area (Å²) in [6.07, 6.45) is -8.87. The van der Waals surface area contributed by atoms with Crippen molar-refractivity contribution in [2.45, 2.75) is 12.4 Å². The van der Waals surface area contributed by atoms with E-state index in [0.29, 0.717) is 0 Å². The summed E-state index contributed by atoms with van der Waals surface area (Å²) >= 11 is 0. The van der Waals surface area contributed by atoms with Crippen molar-refractivity contribution in [1.82, 2.24) is 9.97 Å². The smallest absolute Gasteiger partial charge is 0.431 e. The van der Waals surface area contributed by atoms with Crippen molar-refractivity contribution in [3.05, 3.63) is 47.8 Å². The molecule has 0 spiro atoms. The number of aromatic amines is 1. The highest BCUT2D eigenvalue weighted by atomic mass is 19.4. The molecular weight excluding hydrogens is 376 g/mol. The first-order valence-electron chi connectivity index (χ1n) is 7.40. The highest BCUT2D eigenvalue weighted by Crippen LogP contribution is 2.40. The minimum Gasteiger partial charge on any atom is -0.445 e. The van der Waals surface area contributed by atoms with Gasteiger partial charge in [0.15, 0.2) is 6.40 Å². The number of ether oxygens (including phenoxy) is 1. The number of alkyl halides is 6. The highest BCUT2D eigenvalue weighted by Gasteiger charge is 2.38. The number of H-pyrrole nitrogens is 1. The largest absolute Gasteiger partial charge is 0.445 e. The Hall–Kier alpha value is -3.04. The van der Waals surface area contributed by atoms with Crippen molar-refractivity contribution in [1.29, 1.82) is 0 Å². The summed E-state index contributed by atoms with van der Waals surface area (Å²) in [6.45, 7) is 3.61. The number of nitrogens with zero attached hydrogens (tertiary/aromatic N) is 2. The Morgan fingerprint density at radius 2 is 1.81 bits per heavy atom. The first kappa shape index (κ1) is 18.7. The van der Waals surface area contributed by atoms with E-state index >= 15 is 0 Å². The predicted molar refractivity (Wildman–Crippen MR) is 88.1 cm³/mol. The summed E-state index contributed by atoms with van der Waals surface area (Å²) in [7, 11) is 1.45. The molecule has 0 aliphatic rings. The lowest BCUT2D eigenvalue weighted by molar-refractivity contribution is -0.144. The molecule has 10 heteroatoms. The number of hydrogen-bond donors (Lipinski definition) is 1. The number of hydrogen-bond acceptors (Lipinski definition) is 3. The van der Waals surface area contributed by atoms with Crippen LogP contribution in [0.25, 0.3) is 27.6 Å². The van der Waals surface area contributed by atoms with Crippen molar-refractivity contribution in [3.63, 3.8) is 0 Å². The Kier molecular flexibility index (Phi) is 4.37. The van der Waals surface area contributed by atoms with Gasteiger partial charge in [0.25, 0.3) is 0 Å². The van der Waals surface area contributed by atoms with Crippen molar-refractivity contribution in [2.75, 3.05) is 7.05 Å². The second kappa shape index (κ2) is 6.29. The SMILES string of the molecule is C=C(OC=NC)c1cc2c(ccc3c(C(F)(F)F)cc(C(F)(F)F)[nH]c32)n1. The molecule has 2 aromatic heterocycles. The fourth-order valence-electron chi connectivity index (χ4n) is 2.61. The lowest BCUT2D eigenvalue weighted by atomic mass is 10.0. The molecule has 27 heavy (non-hydrogen) atoms. The Labute approximate surface area is 148 Å². The van der Waals surface area contributed by atoms with Crippen LogP contribution in [0.3, 0.4) is 0 Å². The zero-order chi connectivity index (χ0) is 20.0. The number of aliphatic imine (C=N–C) groups is 1. The number of fused-ring (bicyclic) bond motifs is 3. The third-order valence-corrected chi connectivity index (χ3v) is 3.78. The maximum atomic E-state index is 13.3. The van der Waals surface area contributed by atoms with Crippen molar-refractivity contribution >= 4 is 34.0 Å². The average Bonchev–Trinajstić information content (AvgIpc) is 3.01. The van der Waals surface area contributed by atoms with Gasteiger partial charge in [-0.2, -0.15) is 26.3 Å². The van der Waals surface area contributed by atoms with Crippen LogP contribution < -0.4 is 0 Å². The molecule has 3 aromatic rings. The quantitative estimate of drug-likeness (QED) is 0.283. The first-order chi connectivity index (χ1) is 12.5. The number of halogens is 6. The zero-order valence-corrected chi connectivity index (χ0v) is 13.7. The van der Waals surface area contributed by atoms with Gasteiger partial charge in [-0.3, -0.25) is 4.99 Å². The Morgan fingerprint density at radius 3 is 2.41 bits per heavy atom. The maximum absolute atomic E-state index is 13.3. The molecule has 0 fully saturated rings. The van der Waals surface area contributed by atoms with Crippen molar-refractivity contribution in [3.8, 4) is 0 Å². The Balaban J connectivity index is 2.32. The minimum absolute atomic E-state index is 0.0490. The van der Waals surface area contributed by atoms with Crippen LogP contribution in [0.4, 0.5) is 26.3 Å². The van der Waals surface area contributed by atoms with Crippen LogP contribution in [-0.4, -0.2) is 23.4 Å². The molecule has 3 rings (SSSR count). The fourth-order valence-corrected chi connectivity index (χ4v) is 2.61. The van der Waals surface area contributed by atoms with E-state index in [1.54, 1.807) is 0 Å². The average molecular weight is 387 g/mol. The molecule has 0 atom stereocenters. The monoisotopic (exact) mass is 387 g/mol. The molecule has 0 saturated heterocycles. The van der Waals surface area contributed by atoms with Gasteiger partial charge >= 0.3 is 12.4 Å². The van der Waals surface area contributed by atoms with Gasteiger partial charge < -0.3 is 9.72 Å².